The van der Waals surface area contributed by atoms with Crippen molar-refractivity contribution in [1.29, 1.82) is 0 Å². The van der Waals surface area contributed by atoms with E-state index in [4.69, 9.17) is 11.6 Å². The third-order valence-electron chi connectivity index (χ3n) is 3.80. The number of hydrogen-bond acceptors (Lipinski definition) is 6. The van der Waals surface area contributed by atoms with Gasteiger partial charge in [-0.25, -0.2) is 9.97 Å². The minimum absolute atomic E-state index is 0.443. The quantitative estimate of drug-likeness (QED) is 0.539. The molecule has 0 aliphatic heterocycles. The van der Waals surface area contributed by atoms with Crippen LogP contribution in [-0.2, 0) is 0 Å². The number of fused-ring (bicyclic) bond motifs is 1. The first-order chi connectivity index (χ1) is 12.7. The lowest BCUT2D eigenvalue weighted by Crippen LogP contribution is -2.04. The van der Waals surface area contributed by atoms with Gasteiger partial charge >= 0.3 is 0 Å². The number of aromatic nitrogens is 4. The van der Waals surface area contributed by atoms with Gasteiger partial charge in [0.25, 0.3) is 0 Å². The van der Waals surface area contributed by atoms with Gasteiger partial charge in [-0.2, -0.15) is 9.97 Å². The summed E-state index contributed by atoms with van der Waals surface area (Å²) in [6.07, 6.45) is 3.23. The Labute approximate surface area is 155 Å². The molecular formula is C19H15ClN6. The molecule has 0 aliphatic carbocycles. The minimum atomic E-state index is 0.443. The molecule has 0 amide bonds. The molecule has 2 aromatic heterocycles. The highest BCUT2D eigenvalue weighted by Gasteiger charge is 2.11. The van der Waals surface area contributed by atoms with Crippen LogP contribution in [-0.4, -0.2) is 19.9 Å². The molecule has 2 aromatic carbocycles. The van der Waals surface area contributed by atoms with Gasteiger partial charge in [0.05, 0.1) is 0 Å². The summed E-state index contributed by atoms with van der Waals surface area (Å²) >= 11 is 6.04. The van der Waals surface area contributed by atoms with E-state index in [1.165, 1.54) is 0 Å². The first-order valence-corrected chi connectivity index (χ1v) is 8.41. The summed E-state index contributed by atoms with van der Waals surface area (Å²) in [5.74, 6) is 1.02. The number of nitrogens with one attached hydrogen (secondary N) is 2. The second-order valence-electron chi connectivity index (χ2n) is 5.70. The SMILES string of the molecule is Cc1cc(Cl)ccc1Nc1nc(Nc2ccccc2)nc2nccnc12. The Balaban J connectivity index is 1.77. The number of rotatable bonds is 4. The summed E-state index contributed by atoms with van der Waals surface area (Å²) in [5.41, 5.74) is 3.90. The Kier molecular flexibility index (Phi) is 4.33. The maximum absolute atomic E-state index is 6.04. The fraction of sp³-hybridized carbons (Fsp3) is 0.0526. The van der Waals surface area contributed by atoms with E-state index in [1.807, 2.05) is 55.5 Å². The summed E-state index contributed by atoms with van der Waals surface area (Å²) in [6.45, 7) is 1.98. The van der Waals surface area contributed by atoms with Crippen LogP contribution in [0.4, 0.5) is 23.1 Å². The Hall–Kier alpha value is -3.25. The minimum Gasteiger partial charge on any atom is -0.338 e. The molecule has 2 heterocycles. The van der Waals surface area contributed by atoms with E-state index in [0.717, 1.165) is 16.9 Å². The molecule has 0 fully saturated rings. The number of nitrogens with zero attached hydrogens (tertiary/aromatic N) is 4. The summed E-state index contributed by atoms with van der Waals surface area (Å²) in [6, 6.07) is 15.4. The van der Waals surface area contributed by atoms with Crippen LogP contribution in [0.2, 0.25) is 5.02 Å². The molecule has 4 aromatic rings. The molecule has 0 radical (unpaired) electrons. The van der Waals surface area contributed by atoms with Crippen molar-refractivity contribution in [2.45, 2.75) is 6.92 Å². The zero-order valence-electron chi connectivity index (χ0n) is 13.9. The fourth-order valence-corrected chi connectivity index (χ4v) is 2.78. The summed E-state index contributed by atoms with van der Waals surface area (Å²) < 4.78 is 0. The van der Waals surface area contributed by atoms with Crippen LogP contribution in [0.3, 0.4) is 0 Å². The molecule has 0 bridgehead atoms. The van der Waals surface area contributed by atoms with E-state index in [2.05, 4.69) is 30.6 Å². The maximum atomic E-state index is 6.04. The van der Waals surface area contributed by atoms with Crippen LogP contribution >= 0.6 is 11.6 Å². The molecular weight excluding hydrogens is 348 g/mol. The number of anilines is 4. The lowest BCUT2D eigenvalue weighted by Gasteiger charge is -2.12. The molecule has 6 nitrogen and oxygen atoms in total. The van der Waals surface area contributed by atoms with Crippen molar-refractivity contribution in [3.05, 3.63) is 71.5 Å². The average Bonchev–Trinajstić information content (AvgIpc) is 2.65. The highest BCUT2D eigenvalue weighted by Crippen LogP contribution is 2.27. The number of aryl methyl sites for hydroxylation is 1. The summed E-state index contributed by atoms with van der Waals surface area (Å²) in [7, 11) is 0. The normalized spacial score (nSPS) is 10.7. The van der Waals surface area contributed by atoms with Crippen molar-refractivity contribution < 1.29 is 0 Å². The molecule has 0 unspecified atom stereocenters. The van der Waals surface area contributed by atoms with Gasteiger partial charge in [0.1, 0.15) is 0 Å². The van der Waals surface area contributed by atoms with Crippen LogP contribution in [0.15, 0.2) is 60.9 Å². The zero-order valence-corrected chi connectivity index (χ0v) is 14.7. The fourth-order valence-electron chi connectivity index (χ4n) is 2.55. The highest BCUT2D eigenvalue weighted by atomic mass is 35.5. The first-order valence-electron chi connectivity index (χ1n) is 8.03. The zero-order chi connectivity index (χ0) is 17.9. The molecule has 0 saturated heterocycles. The largest absolute Gasteiger partial charge is 0.338 e. The lowest BCUT2D eigenvalue weighted by molar-refractivity contribution is 1.15. The van der Waals surface area contributed by atoms with E-state index in [-0.39, 0.29) is 0 Å². The van der Waals surface area contributed by atoms with Gasteiger partial charge in [0.2, 0.25) is 5.95 Å². The van der Waals surface area contributed by atoms with Crippen LogP contribution in [0.1, 0.15) is 5.56 Å². The maximum Gasteiger partial charge on any atom is 0.231 e. The van der Waals surface area contributed by atoms with Gasteiger partial charge in [-0.1, -0.05) is 29.8 Å². The van der Waals surface area contributed by atoms with Gasteiger partial charge in [-0.3, -0.25) is 0 Å². The predicted octanol–water partition coefficient (Wildman–Crippen LogP) is 4.87. The third kappa shape index (κ3) is 3.41. The third-order valence-corrected chi connectivity index (χ3v) is 4.04. The number of halogens is 1. The van der Waals surface area contributed by atoms with Crippen molar-refractivity contribution >= 4 is 45.9 Å². The smallest absolute Gasteiger partial charge is 0.231 e. The Morgan fingerprint density at radius 3 is 2.50 bits per heavy atom. The van der Waals surface area contributed by atoms with Gasteiger partial charge in [-0.05, 0) is 42.8 Å². The highest BCUT2D eigenvalue weighted by molar-refractivity contribution is 6.30. The van der Waals surface area contributed by atoms with Crippen molar-refractivity contribution in [2.75, 3.05) is 10.6 Å². The predicted molar refractivity (Wildman–Crippen MR) is 104 cm³/mol. The molecule has 7 heteroatoms. The van der Waals surface area contributed by atoms with Gasteiger partial charge in [0.15, 0.2) is 17.0 Å². The first kappa shape index (κ1) is 16.2. The van der Waals surface area contributed by atoms with Crippen LogP contribution in [0.5, 0.6) is 0 Å². The molecule has 4 rings (SSSR count). The van der Waals surface area contributed by atoms with E-state index < -0.39 is 0 Å². The average molecular weight is 363 g/mol. The Bertz CT molecular complexity index is 1070. The molecule has 0 atom stereocenters. The molecule has 2 N–H and O–H groups in total. The Morgan fingerprint density at radius 2 is 1.69 bits per heavy atom. The monoisotopic (exact) mass is 362 g/mol. The number of hydrogen-bond donors (Lipinski definition) is 2. The summed E-state index contributed by atoms with van der Waals surface area (Å²) in [5, 5.41) is 7.20. The Morgan fingerprint density at radius 1 is 0.885 bits per heavy atom. The van der Waals surface area contributed by atoms with Gasteiger partial charge in [0, 0.05) is 28.8 Å². The number of para-hydroxylation sites is 1. The topological polar surface area (TPSA) is 75.6 Å². The molecule has 0 spiro atoms. The van der Waals surface area contributed by atoms with Crippen LogP contribution in [0.25, 0.3) is 11.2 Å². The van der Waals surface area contributed by atoms with E-state index in [1.54, 1.807) is 12.4 Å². The van der Waals surface area contributed by atoms with E-state index in [0.29, 0.717) is 28.0 Å². The van der Waals surface area contributed by atoms with Crippen molar-refractivity contribution in [3.63, 3.8) is 0 Å². The van der Waals surface area contributed by atoms with Crippen molar-refractivity contribution in [3.8, 4) is 0 Å². The number of benzene rings is 2. The molecule has 0 aliphatic rings. The second kappa shape index (κ2) is 6.93. The molecule has 0 saturated carbocycles. The lowest BCUT2D eigenvalue weighted by atomic mass is 10.2. The van der Waals surface area contributed by atoms with E-state index >= 15 is 0 Å². The van der Waals surface area contributed by atoms with Gasteiger partial charge in [-0.15, -0.1) is 0 Å². The van der Waals surface area contributed by atoms with Crippen LogP contribution < -0.4 is 10.6 Å². The van der Waals surface area contributed by atoms with Gasteiger partial charge < -0.3 is 10.6 Å². The summed E-state index contributed by atoms with van der Waals surface area (Å²) in [4.78, 5) is 17.7. The van der Waals surface area contributed by atoms with Crippen molar-refractivity contribution in [2.24, 2.45) is 0 Å². The standard InChI is InChI=1S/C19H15ClN6/c1-12-11-13(20)7-8-15(12)24-18-16-17(22-10-9-21-16)25-19(26-18)23-14-5-3-2-4-6-14/h2-11H,1H3,(H2,22,23,24,25,26). The van der Waals surface area contributed by atoms with Crippen LogP contribution in [0, 0.1) is 6.92 Å². The second-order valence-corrected chi connectivity index (χ2v) is 6.14. The van der Waals surface area contributed by atoms with Crippen molar-refractivity contribution in [1.82, 2.24) is 19.9 Å². The molecule has 128 valence electrons. The molecule has 26 heavy (non-hydrogen) atoms. The van der Waals surface area contributed by atoms with E-state index in [9.17, 15) is 0 Å².